The molecule has 0 saturated carbocycles. The molecule has 2 aromatic rings. The van der Waals surface area contributed by atoms with Crippen molar-refractivity contribution >= 4 is 11.5 Å². The predicted molar refractivity (Wildman–Crippen MR) is 74.6 cm³/mol. The molecule has 6 heteroatoms. The van der Waals surface area contributed by atoms with Gasteiger partial charge in [-0.15, -0.1) is 5.10 Å². The smallest absolute Gasteiger partial charge is 0.124 e. The van der Waals surface area contributed by atoms with Crippen molar-refractivity contribution < 1.29 is 9.47 Å². The second-order valence-corrected chi connectivity index (χ2v) is 4.74. The molecule has 0 aliphatic rings. The quantitative estimate of drug-likeness (QED) is 0.784. The maximum atomic E-state index is 5.76. The van der Waals surface area contributed by atoms with E-state index in [0.717, 1.165) is 16.2 Å². The zero-order chi connectivity index (χ0) is 13.5. The number of hydrogen-bond donors (Lipinski definition) is 1. The third-order valence-corrected chi connectivity index (χ3v) is 3.45. The van der Waals surface area contributed by atoms with Crippen LogP contribution >= 0.6 is 11.5 Å². The molecule has 19 heavy (non-hydrogen) atoms. The van der Waals surface area contributed by atoms with Crippen molar-refractivity contribution in [2.24, 2.45) is 0 Å². The Bertz CT molecular complexity index is 490. The van der Waals surface area contributed by atoms with E-state index in [1.165, 1.54) is 11.5 Å². The van der Waals surface area contributed by atoms with Crippen LogP contribution in [0, 0.1) is 0 Å². The highest BCUT2D eigenvalue weighted by atomic mass is 32.1. The maximum Gasteiger partial charge on any atom is 0.124 e. The first kappa shape index (κ1) is 13.9. The highest BCUT2D eigenvalue weighted by Gasteiger charge is 2.18. The highest BCUT2D eigenvalue weighted by molar-refractivity contribution is 7.05. The van der Waals surface area contributed by atoms with E-state index in [-0.39, 0.29) is 6.04 Å². The standard InChI is InChI=1S/C13H17N3O2S/c1-14-13(12-9-15-16-19-12)10-5-3-4-6-11(10)18-8-7-17-2/h3-6,9,13-14H,7-8H2,1-2H3. The fourth-order valence-electron chi connectivity index (χ4n) is 1.84. The Labute approximate surface area is 116 Å². The molecule has 0 spiro atoms. The summed E-state index contributed by atoms with van der Waals surface area (Å²) in [6.07, 6.45) is 1.78. The highest BCUT2D eigenvalue weighted by Crippen LogP contribution is 2.30. The average Bonchev–Trinajstić information content (AvgIpc) is 2.96. The van der Waals surface area contributed by atoms with Crippen molar-refractivity contribution in [1.29, 1.82) is 0 Å². The van der Waals surface area contributed by atoms with Crippen LogP contribution in [0.4, 0.5) is 0 Å². The van der Waals surface area contributed by atoms with Gasteiger partial charge in [0.25, 0.3) is 0 Å². The lowest BCUT2D eigenvalue weighted by atomic mass is 10.0. The summed E-state index contributed by atoms with van der Waals surface area (Å²) in [6.45, 7) is 1.10. The van der Waals surface area contributed by atoms with E-state index in [2.05, 4.69) is 14.9 Å². The van der Waals surface area contributed by atoms with E-state index >= 15 is 0 Å². The normalized spacial score (nSPS) is 12.3. The monoisotopic (exact) mass is 279 g/mol. The van der Waals surface area contributed by atoms with Gasteiger partial charge in [0.05, 0.1) is 23.7 Å². The summed E-state index contributed by atoms with van der Waals surface area (Å²) < 4.78 is 14.7. The molecule has 1 unspecified atom stereocenters. The molecule has 0 radical (unpaired) electrons. The number of aromatic nitrogens is 2. The number of nitrogens with zero attached hydrogens (tertiary/aromatic N) is 2. The minimum Gasteiger partial charge on any atom is -0.491 e. The number of hydrogen-bond acceptors (Lipinski definition) is 6. The largest absolute Gasteiger partial charge is 0.491 e. The van der Waals surface area contributed by atoms with Crippen LogP contribution in [0.5, 0.6) is 5.75 Å². The van der Waals surface area contributed by atoms with Gasteiger partial charge < -0.3 is 14.8 Å². The van der Waals surface area contributed by atoms with Crippen molar-refractivity contribution in [3.8, 4) is 5.75 Å². The molecule has 102 valence electrons. The van der Waals surface area contributed by atoms with Gasteiger partial charge in [-0.1, -0.05) is 22.7 Å². The minimum absolute atomic E-state index is 0.0405. The summed E-state index contributed by atoms with van der Waals surface area (Å²) in [5.74, 6) is 0.854. The van der Waals surface area contributed by atoms with Gasteiger partial charge in [0.2, 0.25) is 0 Å². The molecular formula is C13H17N3O2S. The third-order valence-electron chi connectivity index (χ3n) is 2.73. The summed E-state index contributed by atoms with van der Waals surface area (Å²) >= 11 is 1.38. The van der Waals surface area contributed by atoms with E-state index in [4.69, 9.17) is 9.47 Å². The van der Waals surface area contributed by atoms with Gasteiger partial charge >= 0.3 is 0 Å². The Morgan fingerprint density at radius 1 is 1.32 bits per heavy atom. The molecule has 1 N–H and O–H groups in total. The molecular weight excluding hydrogens is 262 g/mol. The molecule has 1 aromatic carbocycles. The first-order valence-corrected chi connectivity index (χ1v) is 6.79. The SMILES string of the molecule is CNC(c1cnns1)c1ccccc1OCCOC. The molecule has 5 nitrogen and oxygen atoms in total. The Kier molecular flexibility index (Phi) is 5.26. The minimum atomic E-state index is 0.0405. The van der Waals surface area contributed by atoms with Crippen molar-refractivity contribution in [3.05, 3.63) is 40.9 Å². The average molecular weight is 279 g/mol. The van der Waals surface area contributed by atoms with Crippen LogP contribution in [-0.2, 0) is 4.74 Å². The van der Waals surface area contributed by atoms with Crippen LogP contribution in [0.15, 0.2) is 30.5 Å². The Balaban J connectivity index is 2.22. The van der Waals surface area contributed by atoms with E-state index in [0.29, 0.717) is 13.2 Å². The number of rotatable bonds is 7. The molecule has 1 heterocycles. The van der Waals surface area contributed by atoms with Crippen molar-refractivity contribution in [3.63, 3.8) is 0 Å². The second-order valence-electron chi connectivity index (χ2n) is 3.92. The lowest BCUT2D eigenvalue weighted by molar-refractivity contribution is 0.145. The number of ether oxygens (including phenoxy) is 2. The molecule has 1 atom stereocenters. The van der Waals surface area contributed by atoms with Crippen molar-refractivity contribution in [2.75, 3.05) is 27.4 Å². The second kappa shape index (κ2) is 7.18. The lowest BCUT2D eigenvalue weighted by Crippen LogP contribution is -2.18. The van der Waals surface area contributed by atoms with Gasteiger partial charge in [-0.2, -0.15) is 0 Å². The van der Waals surface area contributed by atoms with Crippen LogP contribution in [0.1, 0.15) is 16.5 Å². The Hall–Kier alpha value is -1.50. The molecule has 1 aromatic heterocycles. The zero-order valence-electron chi connectivity index (χ0n) is 11.0. The van der Waals surface area contributed by atoms with Crippen LogP contribution in [0.2, 0.25) is 0 Å². The van der Waals surface area contributed by atoms with Crippen molar-refractivity contribution in [1.82, 2.24) is 14.9 Å². The van der Waals surface area contributed by atoms with Crippen LogP contribution < -0.4 is 10.1 Å². The lowest BCUT2D eigenvalue weighted by Gasteiger charge is -2.18. The van der Waals surface area contributed by atoms with Crippen LogP contribution in [-0.4, -0.2) is 37.0 Å². The van der Waals surface area contributed by atoms with Gasteiger partial charge in [-0.25, -0.2) is 0 Å². The van der Waals surface area contributed by atoms with E-state index < -0.39 is 0 Å². The van der Waals surface area contributed by atoms with E-state index in [1.807, 2.05) is 31.3 Å². The topological polar surface area (TPSA) is 56.3 Å². The van der Waals surface area contributed by atoms with Gasteiger partial charge in [-0.05, 0) is 24.6 Å². The molecule has 0 aliphatic heterocycles. The summed E-state index contributed by atoms with van der Waals surface area (Å²) in [4.78, 5) is 1.06. The number of benzene rings is 1. The van der Waals surface area contributed by atoms with Gasteiger partial charge in [0.1, 0.15) is 12.4 Å². The predicted octanol–water partition coefficient (Wildman–Crippen LogP) is 1.87. The summed E-state index contributed by atoms with van der Waals surface area (Å²) in [5.41, 5.74) is 1.08. The molecule has 0 bridgehead atoms. The summed E-state index contributed by atoms with van der Waals surface area (Å²) in [5, 5.41) is 7.16. The fourth-order valence-corrected chi connectivity index (χ4v) is 2.47. The van der Waals surface area contributed by atoms with Gasteiger partial charge in [0.15, 0.2) is 0 Å². The summed E-state index contributed by atoms with van der Waals surface area (Å²) in [6, 6.07) is 8.01. The Morgan fingerprint density at radius 3 is 2.84 bits per heavy atom. The molecule has 0 aliphatic carbocycles. The number of methoxy groups -OCH3 is 1. The first-order chi connectivity index (χ1) is 9.36. The number of para-hydroxylation sites is 1. The van der Waals surface area contributed by atoms with Crippen LogP contribution in [0.25, 0.3) is 0 Å². The van der Waals surface area contributed by atoms with E-state index in [1.54, 1.807) is 13.3 Å². The number of nitrogens with one attached hydrogen (secondary N) is 1. The van der Waals surface area contributed by atoms with Gasteiger partial charge in [0, 0.05) is 12.7 Å². The van der Waals surface area contributed by atoms with Crippen molar-refractivity contribution in [2.45, 2.75) is 6.04 Å². The summed E-state index contributed by atoms with van der Waals surface area (Å²) in [7, 11) is 3.57. The maximum absolute atomic E-state index is 5.76. The van der Waals surface area contributed by atoms with E-state index in [9.17, 15) is 0 Å². The molecule has 0 fully saturated rings. The first-order valence-electron chi connectivity index (χ1n) is 6.02. The van der Waals surface area contributed by atoms with Crippen LogP contribution in [0.3, 0.4) is 0 Å². The molecule has 0 saturated heterocycles. The van der Waals surface area contributed by atoms with Gasteiger partial charge in [-0.3, -0.25) is 0 Å². The zero-order valence-corrected chi connectivity index (χ0v) is 11.8. The third kappa shape index (κ3) is 3.50. The molecule has 0 amide bonds. The fraction of sp³-hybridized carbons (Fsp3) is 0.385. The Morgan fingerprint density at radius 2 is 2.16 bits per heavy atom. The molecule has 2 rings (SSSR count).